The molecule has 116 valence electrons. The number of rotatable bonds is 4. The molecule has 1 atom stereocenters. The van der Waals surface area contributed by atoms with Crippen molar-refractivity contribution in [3.8, 4) is 5.75 Å². The first-order chi connectivity index (χ1) is 11.2. The molecule has 2 N–H and O–H groups in total. The lowest BCUT2D eigenvalue weighted by Gasteiger charge is -2.13. The van der Waals surface area contributed by atoms with E-state index in [1.54, 1.807) is 18.2 Å². The Labute approximate surface area is 135 Å². The number of ketones is 1. The highest BCUT2D eigenvalue weighted by molar-refractivity contribution is 6.48. The fourth-order valence-corrected chi connectivity index (χ4v) is 2.70. The largest absolute Gasteiger partial charge is 0.507 e. The fraction of sp³-hybridized carbons (Fsp3) is 0.158. The van der Waals surface area contributed by atoms with Gasteiger partial charge in [0, 0.05) is 12.5 Å². The van der Waals surface area contributed by atoms with Gasteiger partial charge in [0.25, 0.3) is 0 Å². The zero-order valence-corrected chi connectivity index (χ0v) is 12.9. The lowest BCUT2D eigenvalue weighted by Crippen LogP contribution is -2.24. The maximum absolute atomic E-state index is 12.7. The third kappa shape index (κ3) is 3.16. The predicted octanol–water partition coefficient (Wildman–Crippen LogP) is 3.25. The molecule has 0 radical (unpaired) electrons. The van der Waals surface area contributed by atoms with Crippen molar-refractivity contribution in [2.24, 2.45) is 11.0 Å². The Kier molecular flexibility index (Phi) is 4.24. The maximum atomic E-state index is 12.7. The minimum absolute atomic E-state index is 0.0180. The molecule has 0 fully saturated rings. The quantitative estimate of drug-likeness (QED) is 0.852. The van der Waals surface area contributed by atoms with Crippen molar-refractivity contribution in [1.29, 1.82) is 0 Å². The Morgan fingerprint density at radius 3 is 2.61 bits per heavy atom. The van der Waals surface area contributed by atoms with Crippen LogP contribution in [0.3, 0.4) is 0 Å². The minimum Gasteiger partial charge on any atom is -0.507 e. The molecule has 0 bridgehead atoms. The molecule has 0 aromatic heterocycles. The molecule has 0 aliphatic carbocycles. The van der Waals surface area contributed by atoms with Gasteiger partial charge in [-0.1, -0.05) is 54.1 Å². The number of nitrogens with one attached hydrogen (secondary N) is 1. The van der Waals surface area contributed by atoms with Crippen molar-refractivity contribution in [2.45, 2.75) is 6.92 Å². The van der Waals surface area contributed by atoms with E-state index in [0.29, 0.717) is 12.3 Å². The van der Waals surface area contributed by atoms with Gasteiger partial charge < -0.3 is 10.5 Å². The second kappa shape index (κ2) is 6.48. The molecule has 0 saturated carbocycles. The van der Waals surface area contributed by atoms with Crippen LogP contribution in [0.15, 0.2) is 65.3 Å². The van der Waals surface area contributed by atoms with Gasteiger partial charge in [-0.05, 0) is 24.6 Å². The Balaban J connectivity index is 1.87. The second-order valence-corrected chi connectivity index (χ2v) is 5.56. The number of phenolic OH excluding ortho intramolecular Hbond substituents is 1. The van der Waals surface area contributed by atoms with Crippen molar-refractivity contribution >= 4 is 17.6 Å². The van der Waals surface area contributed by atoms with Gasteiger partial charge in [0.15, 0.2) is 0 Å². The SMILES string of the molecule is C/C(=C\c1ccccc1)C1CNN=C1C(=O)c1ccccc1O. The van der Waals surface area contributed by atoms with E-state index in [1.807, 2.05) is 37.3 Å². The van der Waals surface area contributed by atoms with Crippen molar-refractivity contribution in [2.75, 3.05) is 6.54 Å². The number of hydrazone groups is 1. The lowest BCUT2D eigenvalue weighted by atomic mass is 9.89. The second-order valence-electron chi connectivity index (χ2n) is 5.56. The number of aromatic hydroxyl groups is 1. The van der Waals surface area contributed by atoms with Crippen LogP contribution in [0.25, 0.3) is 6.08 Å². The van der Waals surface area contributed by atoms with E-state index in [1.165, 1.54) is 6.07 Å². The summed E-state index contributed by atoms with van der Waals surface area (Å²) in [4.78, 5) is 12.7. The Morgan fingerprint density at radius 2 is 1.87 bits per heavy atom. The number of Topliss-reactive ketones (excluding diaryl/α,β-unsaturated/α-hetero) is 1. The highest BCUT2D eigenvalue weighted by atomic mass is 16.3. The summed E-state index contributed by atoms with van der Waals surface area (Å²) < 4.78 is 0. The van der Waals surface area contributed by atoms with E-state index >= 15 is 0 Å². The molecular weight excluding hydrogens is 288 g/mol. The van der Waals surface area contributed by atoms with E-state index in [2.05, 4.69) is 16.6 Å². The fourth-order valence-electron chi connectivity index (χ4n) is 2.70. The van der Waals surface area contributed by atoms with Gasteiger partial charge in [0.2, 0.25) is 5.78 Å². The van der Waals surface area contributed by atoms with Crippen LogP contribution in [0, 0.1) is 5.92 Å². The van der Waals surface area contributed by atoms with Crippen molar-refractivity contribution in [3.63, 3.8) is 0 Å². The lowest BCUT2D eigenvalue weighted by molar-refractivity contribution is 0.106. The first kappa shape index (κ1) is 15.0. The van der Waals surface area contributed by atoms with E-state index in [0.717, 1.165) is 11.1 Å². The monoisotopic (exact) mass is 306 g/mol. The van der Waals surface area contributed by atoms with E-state index in [-0.39, 0.29) is 23.0 Å². The summed E-state index contributed by atoms with van der Waals surface area (Å²) in [5.41, 5.74) is 5.78. The van der Waals surface area contributed by atoms with Crippen molar-refractivity contribution in [3.05, 3.63) is 71.3 Å². The van der Waals surface area contributed by atoms with Crippen molar-refractivity contribution < 1.29 is 9.90 Å². The Bertz CT molecular complexity index is 779. The molecule has 4 nitrogen and oxygen atoms in total. The van der Waals surface area contributed by atoms with Gasteiger partial charge in [-0.2, -0.15) is 5.10 Å². The number of benzene rings is 2. The van der Waals surface area contributed by atoms with Gasteiger partial charge >= 0.3 is 0 Å². The highest BCUT2D eigenvalue weighted by Gasteiger charge is 2.30. The van der Waals surface area contributed by atoms with Crippen LogP contribution in [-0.2, 0) is 0 Å². The number of nitrogens with zero attached hydrogens (tertiary/aromatic N) is 1. The molecule has 23 heavy (non-hydrogen) atoms. The maximum Gasteiger partial charge on any atom is 0.213 e. The first-order valence-corrected chi connectivity index (χ1v) is 7.53. The molecule has 3 rings (SSSR count). The molecule has 0 spiro atoms. The molecule has 0 saturated heterocycles. The standard InChI is InChI=1S/C19H18N2O2/c1-13(11-14-7-3-2-4-8-14)16-12-20-21-18(16)19(23)15-9-5-6-10-17(15)22/h2-11,16,20,22H,12H2,1H3/b13-11+. The normalized spacial score (nSPS) is 17.5. The average Bonchev–Trinajstić information content (AvgIpc) is 3.05. The van der Waals surface area contributed by atoms with E-state index < -0.39 is 0 Å². The number of carbonyl (C=O) groups excluding carboxylic acids is 1. The summed E-state index contributed by atoms with van der Waals surface area (Å²) in [6.07, 6.45) is 2.06. The van der Waals surface area contributed by atoms with Gasteiger partial charge in [-0.25, -0.2) is 0 Å². The zero-order chi connectivity index (χ0) is 16.2. The third-order valence-corrected chi connectivity index (χ3v) is 3.95. The van der Waals surface area contributed by atoms with E-state index in [4.69, 9.17) is 0 Å². The molecule has 1 aliphatic rings. The number of hydrogen-bond donors (Lipinski definition) is 2. The average molecular weight is 306 g/mol. The topological polar surface area (TPSA) is 61.7 Å². The Hall–Kier alpha value is -2.88. The first-order valence-electron chi connectivity index (χ1n) is 7.53. The molecule has 1 unspecified atom stereocenters. The highest BCUT2D eigenvalue weighted by Crippen LogP contribution is 2.24. The molecular formula is C19H18N2O2. The summed E-state index contributed by atoms with van der Waals surface area (Å²) in [6, 6.07) is 16.5. The third-order valence-electron chi connectivity index (χ3n) is 3.95. The van der Waals surface area contributed by atoms with Crippen LogP contribution >= 0.6 is 0 Å². The smallest absolute Gasteiger partial charge is 0.213 e. The summed E-state index contributed by atoms with van der Waals surface area (Å²) in [7, 11) is 0. The van der Waals surface area contributed by atoms with Crippen LogP contribution in [0.4, 0.5) is 0 Å². The molecule has 4 heteroatoms. The van der Waals surface area contributed by atoms with Gasteiger partial charge in [-0.3, -0.25) is 4.79 Å². The van der Waals surface area contributed by atoms with E-state index in [9.17, 15) is 9.90 Å². The molecule has 0 amide bonds. The number of phenols is 1. The number of carbonyl (C=O) groups is 1. The summed E-state index contributed by atoms with van der Waals surface area (Å²) >= 11 is 0. The zero-order valence-electron chi connectivity index (χ0n) is 12.9. The van der Waals surface area contributed by atoms with Gasteiger partial charge in [0.1, 0.15) is 11.5 Å². The Morgan fingerprint density at radius 1 is 1.17 bits per heavy atom. The number of para-hydroxylation sites is 1. The van der Waals surface area contributed by atoms with Crippen LogP contribution in [0.1, 0.15) is 22.8 Å². The summed E-state index contributed by atoms with van der Waals surface area (Å²) in [5, 5.41) is 14.1. The molecule has 2 aromatic rings. The van der Waals surface area contributed by atoms with Crippen molar-refractivity contribution in [1.82, 2.24) is 5.43 Å². The molecule has 1 aliphatic heterocycles. The van der Waals surface area contributed by atoms with Crippen LogP contribution in [0.2, 0.25) is 0 Å². The van der Waals surface area contributed by atoms with Gasteiger partial charge in [0.05, 0.1) is 5.56 Å². The molecule has 2 aromatic carbocycles. The van der Waals surface area contributed by atoms with Gasteiger partial charge in [-0.15, -0.1) is 0 Å². The predicted molar refractivity (Wildman–Crippen MR) is 91.5 cm³/mol. The van der Waals surface area contributed by atoms with Crippen LogP contribution in [0.5, 0.6) is 5.75 Å². The molecule has 1 heterocycles. The number of hydrogen-bond acceptors (Lipinski definition) is 4. The minimum atomic E-state index is -0.237. The summed E-state index contributed by atoms with van der Waals surface area (Å²) in [5.74, 6) is -0.350. The summed E-state index contributed by atoms with van der Waals surface area (Å²) in [6.45, 7) is 2.59. The van der Waals surface area contributed by atoms with Crippen LogP contribution < -0.4 is 5.43 Å². The van der Waals surface area contributed by atoms with Crippen LogP contribution in [-0.4, -0.2) is 23.1 Å².